The molecule has 1 aromatic rings. The Kier molecular flexibility index (Phi) is 7.72. The molecule has 2 fully saturated rings. The average molecular weight is 420 g/mol. The van der Waals surface area contributed by atoms with E-state index >= 15 is 0 Å². The van der Waals surface area contributed by atoms with Gasteiger partial charge < -0.3 is 10.2 Å². The maximum Gasteiger partial charge on any atom is 0.226 e. The standard InChI is InChI=1S/C23H34ClN3O2/c1-16-14-26(8-9-27(16)23(29)18-6-4-5-7-18)15-20-11-21(24)10-19(17(20)2)12-22(28)13-25-3/h10-11,16,18,25H,4-9,12-15H2,1-3H3/t16-/m0/s1. The summed E-state index contributed by atoms with van der Waals surface area (Å²) >= 11 is 6.37. The lowest BCUT2D eigenvalue weighted by molar-refractivity contribution is -0.140. The highest BCUT2D eigenvalue weighted by Crippen LogP contribution is 2.29. The van der Waals surface area contributed by atoms with Crippen LogP contribution in [0.25, 0.3) is 0 Å². The van der Waals surface area contributed by atoms with E-state index in [1.165, 1.54) is 18.4 Å². The largest absolute Gasteiger partial charge is 0.337 e. The number of amides is 1. The minimum Gasteiger partial charge on any atom is -0.337 e. The Morgan fingerprint density at radius 1 is 1.17 bits per heavy atom. The fourth-order valence-corrected chi connectivity index (χ4v) is 5.03. The van der Waals surface area contributed by atoms with Crippen molar-refractivity contribution in [3.63, 3.8) is 0 Å². The number of ketones is 1. The normalized spacial score (nSPS) is 21.0. The summed E-state index contributed by atoms with van der Waals surface area (Å²) in [4.78, 5) is 29.4. The third kappa shape index (κ3) is 5.59. The first-order valence-electron chi connectivity index (χ1n) is 10.9. The number of likely N-dealkylation sites (N-methyl/N-ethyl adjacent to an activating group) is 1. The molecule has 29 heavy (non-hydrogen) atoms. The quantitative estimate of drug-likeness (QED) is 0.737. The number of carbonyl (C=O) groups excluding carboxylic acids is 2. The number of hydrogen-bond acceptors (Lipinski definition) is 4. The number of rotatable bonds is 7. The van der Waals surface area contributed by atoms with Crippen LogP contribution in [-0.2, 0) is 22.6 Å². The van der Waals surface area contributed by atoms with Gasteiger partial charge in [-0.15, -0.1) is 0 Å². The van der Waals surface area contributed by atoms with Gasteiger partial charge in [-0.2, -0.15) is 0 Å². The summed E-state index contributed by atoms with van der Waals surface area (Å²) in [5.41, 5.74) is 3.33. The van der Waals surface area contributed by atoms with E-state index in [-0.39, 0.29) is 17.7 Å². The van der Waals surface area contributed by atoms with Gasteiger partial charge >= 0.3 is 0 Å². The molecule has 1 saturated heterocycles. The first-order valence-corrected chi connectivity index (χ1v) is 11.2. The van der Waals surface area contributed by atoms with E-state index < -0.39 is 0 Å². The molecule has 0 bridgehead atoms. The zero-order valence-corrected chi connectivity index (χ0v) is 18.7. The van der Waals surface area contributed by atoms with Crippen molar-refractivity contribution in [2.45, 2.75) is 58.5 Å². The van der Waals surface area contributed by atoms with Gasteiger partial charge in [-0.1, -0.05) is 24.4 Å². The molecule has 1 aromatic carbocycles. The fraction of sp³-hybridized carbons (Fsp3) is 0.652. The number of halogens is 1. The number of hydrogen-bond donors (Lipinski definition) is 1. The van der Waals surface area contributed by atoms with Gasteiger partial charge in [-0.25, -0.2) is 0 Å². The predicted molar refractivity (Wildman–Crippen MR) is 117 cm³/mol. The number of nitrogens with zero attached hydrogens (tertiary/aromatic N) is 2. The fourth-order valence-electron chi connectivity index (χ4n) is 4.77. The Hall–Kier alpha value is -1.43. The summed E-state index contributed by atoms with van der Waals surface area (Å²) in [6.45, 7) is 7.96. The molecule has 0 aromatic heterocycles. The molecule has 1 aliphatic heterocycles. The van der Waals surface area contributed by atoms with Gasteiger partial charge in [0.1, 0.15) is 0 Å². The molecule has 2 aliphatic rings. The molecule has 1 aliphatic carbocycles. The molecule has 1 saturated carbocycles. The molecule has 1 heterocycles. The summed E-state index contributed by atoms with van der Waals surface area (Å²) < 4.78 is 0. The maximum absolute atomic E-state index is 12.8. The van der Waals surface area contributed by atoms with Gasteiger partial charge in [0, 0.05) is 49.6 Å². The number of benzene rings is 1. The van der Waals surface area contributed by atoms with Crippen LogP contribution in [0.15, 0.2) is 12.1 Å². The summed E-state index contributed by atoms with van der Waals surface area (Å²) in [6.07, 6.45) is 4.90. The van der Waals surface area contributed by atoms with E-state index in [0.29, 0.717) is 23.9 Å². The van der Waals surface area contributed by atoms with E-state index in [4.69, 9.17) is 11.6 Å². The van der Waals surface area contributed by atoms with Crippen LogP contribution in [0.4, 0.5) is 0 Å². The Morgan fingerprint density at radius 3 is 2.52 bits per heavy atom. The van der Waals surface area contributed by atoms with Gasteiger partial charge in [0.25, 0.3) is 0 Å². The zero-order valence-electron chi connectivity index (χ0n) is 18.0. The van der Waals surface area contributed by atoms with Crippen molar-refractivity contribution in [2.75, 3.05) is 33.2 Å². The highest BCUT2D eigenvalue weighted by molar-refractivity contribution is 6.30. The van der Waals surface area contributed by atoms with E-state index in [1.54, 1.807) is 7.05 Å². The van der Waals surface area contributed by atoms with Gasteiger partial charge in [0.2, 0.25) is 5.91 Å². The Morgan fingerprint density at radius 2 is 1.86 bits per heavy atom. The summed E-state index contributed by atoms with van der Waals surface area (Å²) in [5.74, 6) is 0.771. The van der Waals surface area contributed by atoms with E-state index in [0.717, 1.165) is 50.1 Å². The third-order valence-electron chi connectivity index (χ3n) is 6.44. The molecule has 1 N–H and O–H groups in total. The van der Waals surface area contributed by atoms with Crippen LogP contribution >= 0.6 is 11.6 Å². The summed E-state index contributed by atoms with van der Waals surface area (Å²) in [5, 5.41) is 3.60. The minimum atomic E-state index is 0.163. The first kappa shape index (κ1) is 22.3. The Bertz CT molecular complexity index is 746. The molecule has 5 nitrogen and oxygen atoms in total. The molecule has 3 rings (SSSR count). The van der Waals surface area contributed by atoms with Crippen LogP contribution in [0.3, 0.4) is 0 Å². The average Bonchev–Trinajstić information content (AvgIpc) is 3.20. The lowest BCUT2D eigenvalue weighted by Crippen LogP contribution is -2.54. The molecular formula is C23H34ClN3O2. The maximum atomic E-state index is 12.8. The van der Waals surface area contributed by atoms with Gasteiger partial charge in [0.15, 0.2) is 5.78 Å². The molecule has 1 amide bonds. The SMILES string of the molecule is CNCC(=O)Cc1cc(Cl)cc(CN2CCN(C(=O)C3CCCC3)[C@@H](C)C2)c1C. The van der Waals surface area contributed by atoms with Crippen molar-refractivity contribution >= 4 is 23.3 Å². The molecule has 0 unspecified atom stereocenters. The smallest absolute Gasteiger partial charge is 0.226 e. The highest BCUT2D eigenvalue weighted by Gasteiger charge is 2.33. The van der Waals surface area contributed by atoms with Crippen molar-refractivity contribution in [2.24, 2.45) is 5.92 Å². The van der Waals surface area contributed by atoms with Gasteiger partial charge in [0.05, 0.1) is 6.54 Å². The lowest BCUT2D eigenvalue weighted by Gasteiger charge is -2.41. The van der Waals surface area contributed by atoms with Crippen molar-refractivity contribution in [1.29, 1.82) is 0 Å². The second kappa shape index (κ2) is 10.1. The van der Waals surface area contributed by atoms with Gasteiger partial charge in [-0.05, 0) is 62.6 Å². The number of Topliss-reactive ketones (excluding diaryl/α,β-unsaturated/α-hetero) is 1. The van der Waals surface area contributed by atoms with E-state index in [9.17, 15) is 9.59 Å². The Labute approximate surface area is 179 Å². The molecular weight excluding hydrogens is 386 g/mol. The molecule has 0 radical (unpaired) electrons. The predicted octanol–water partition coefficient (Wildman–Crippen LogP) is 3.20. The van der Waals surface area contributed by atoms with Crippen molar-refractivity contribution < 1.29 is 9.59 Å². The van der Waals surface area contributed by atoms with Gasteiger partial charge in [-0.3, -0.25) is 14.5 Å². The van der Waals surface area contributed by atoms with Crippen molar-refractivity contribution in [3.8, 4) is 0 Å². The highest BCUT2D eigenvalue weighted by atomic mass is 35.5. The number of nitrogens with one attached hydrogen (secondary N) is 1. The molecule has 0 spiro atoms. The zero-order chi connectivity index (χ0) is 21.0. The van der Waals surface area contributed by atoms with Crippen LogP contribution in [-0.4, -0.2) is 60.8 Å². The van der Waals surface area contributed by atoms with Crippen molar-refractivity contribution in [1.82, 2.24) is 15.1 Å². The monoisotopic (exact) mass is 419 g/mol. The third-order valence-corrected chi connectivity index (χ3v) is 6.66. The number of piperazine rings is 1. The van der Waals surface area contributed by atoms with Crippen LogP contribution in [0, 0.1) is 12.8 Å². The molecule has 6 heteroatoms. The van der Waals surface area contributed by atoms with Crippen LogP contribution < -0.4 is 5.32 Å². The Balaban J connectivity index is 1.64. The summed E-state index contributed by atoms with van der Waals surface area (Å²) in [6, 6.07) is 4.16. The lowest BCUT2D eigenvalue weighted by atomic mass is 9.97. The minimum absolute atomic E-state index is 0.163. The van der Waals surface area contributed by atoms with Crippen molar-refractivity contribution in [3.05, 3.63) is 33.8 Å². The summed E-state index contributed by atoms with van der Waals surface area (Å²) in [7, 11) is 1.78. The first-order chi connectivity index (χ1) is 13.9. The number of carbonyl (C=O) groups is 2. The molecule has 1 atom stereocenters. The van der Waals surface area contributed by atoms with Crippen LogP contribution in [0.1, 0.15) is 49.3 Å². The van der Waals surface area contributed by atoms with Crippen LogP contribution in [0.2, 0.25) is 5.02 Å². The second-order valence-corrected chi connectivity index (χ2v) is 9.13. The second-order valence-electron chi connectivity index (χ2n) is 8.69. The van der Waals surface area contributed by atoms with E-state index in [1.807, 2.05) is 12.1 Å². The topological polar surface area (TPSA) is 52.7 Å². The molecule has 160 valence electrons. The van der Waals surface area contributed by atoms with E-state index in [2.05, 4.69) is 29.0 Å². The van der Waals surface area contributed by atoms with Crippen LogP contribution in [0.5, 0.6) is 0 Å².